The molecule has 3 rings (SSSR count). The van der Waals surface area contributed by atoms with Crippen molar-refractivity contribution in [1.29, 1.82) is 0 Å². The summed E-state index contributed by atoms with van der Waals surface area (Å²) in [6.45, 7) is 0. The summed E-state index contributed by atoms with van der Waals surface area (Å²) >= 11 is 1.19. The van der Waals surface area contributed by atoms with Crippen molar-refractivity contribution < 1.29 is 22.8 Å². The van der Waals surface area contributed by atoms with Gasteiger partial charge in [0.2, 0.25) is 5.78 Å². The number of carbonyl (C=O) groups excluding carboxylic acids is 2. The zero-order chi connectivity index (χ0) is 20.1. The minimum Gasteiger partial charge on any atom is -0.359 e. The van der Waals surface area contributed by atoms with Crippen LogP contribution in [0.5, 0.6) is 0 Å². The molecule has 144 valence electrons. The normalized spacial score (nSPS) is 12.2. The van der Waals surface area contributed by atoms with Gasteiger partial charge in [-0.1, -0.05) is 42.5 Å². The molecule has 2 N–H and O–H groups in total. The SMILES string of the molecule is O=C(N[C@H](Nc1cccc(C(F)(F)F)c1)C(=O)c1ccccc1)c1cccs1. The van der Waals surface area contributed by atoms with Gasteiger partial charge >= 0.3 is 6.18 Å². The largest absolute Gasteiger partial charge is 0.416 e. The Balaban J connectivity index is 1.88. The second-order valence-electron chi connectivity index (χ2n) is 5.84. The number of carbonyl (C=O) groups is 2. The number of rotatable bonds is 6. The Hall–Kier alpha value is -3.13. The van der Waals surface area contributed by atoms with Crippen molar-refractivity contribution >= 4 is 28.7 Å². The highest BCUT2D eigenvalue weighted by atomic mass is 32.1. The zero-order valence-corrected chi connectivity index (χ0v) is 15.2. The summed E-state index contributed by atoms with van der Waals surface area (Å²) in [4.78, 5) is 25.6. The molecule has 1 heterocycles. The molecule has 1 amide bonds. The van der Waals surface area contributed by atoms with Crippen LogP contribution in [-0.4, -0.2) is 17.9 Å². The number of ketones is 1. The Morgan fingerprint density at radius 2 is 1.68 bits per heavy atom. The lowest BCUT2D eigenvalue weighted by atomic mass is 10.1. The quantitative estimate of drug-likeness (QED) is 0.458. The lowest BCUT2D eigenvalue weighted by molar-refractivity contribution is -0.137. The van der Waals surface area contributed by atoms with Crippen LogP contribution in [0.15, 0.2) is 72.1 Å². The monoisotopic (exact) mass is 404 g/mol. The average Bonchev–Trinajstić information content (AvgIpc) is 3.22. The Morgan fingerprint density at radius 1 is 0.929 bits per heavy atom. The first-order valence-corrected chi connectivity index (χ1v) is 9.10. The molecule has 4 nitrogen and oxygen atoms in total. The Morgan fingerprint density at radius 3 is 2.32 bits per heavy atom. The van der Waals surface area contributed by atoms with Gasteiger partial charge in [-0.25, -0.2) is 0 Å². The van der Waals surface area contributed by atoms with Crippen LogP contribution in [0.1, 0.15) is 25.6 Å². The molecular weight excluding hydrogens is 389 g/mol. The fraction of sp³-hybridized carbons (Fsp3) is 0.100. The summed E-state index contributed by atoms with van der Waals surface area (Å²) in [6, 6.07) is 15.9. The fourth-order valence-electron chi connectivity index (χ4n) is 2.50. The predicted molar refractivity (Wildman–Crippen MR) is 101 cm³/mol. The van der Waals surface area contributed by atoms with E-state index in [0.29, 0.717) is 10.4 Å². The number of anilines is 1. The lowest BCUT2D eigenvalue weighted by Crippen LogP contribution is -2.46. The number of amides is 1. The Bertz CT molecular complexity index is 957. The van der Waals surface area contributed by atoms with Gasteiger partial charge in [-0.05, 0) is 29.6 Å². The Kier molecular flexibility index (Phi) is 5.79. The summed E-state index contributed by atoms with van der Waals surface area (Å²) in [5.74, 6) is -0.966. The van der Waals surface area contributed by atoms with Gasteiger partial charge in [-0.15, -0.1) is 11.3 Å². The van der Waals surface area contributed by atoms with Gasteiger partial charge in [0.15, 0.2) is 6.17 Å². The molecule has 0 bridgehead atoms. The van der Waals surface area contributed by atoms with Crippen LogP contribution in [-0.2, 0) is 6.18 Å². The van der Waals surface area contributed by atoms with E-state index in [1.807, 2.05) is 0 Å². The molecule has 2 aromatic carbocycles. The average molecular weight is 404 g/mol. The van der Waals surface area contributed by atoms with Crippen LogP contribution in [0.2, 0.25) is 0 Å². The number of nitrogens with one attached hydrogen (secondary N) is 2. The summed E-state index contributed by atoms with van der Waals surface area (Å²) in [6.07, 6.45) is -5.75. The maximum absolute atomic E-state index is 13.0. The van der Waals surface area contributed by atoms with E-state index >= 15 is 0 Å². The third-order valence-electron chi connectivity index (χ3n) is 3.84. The van der Waals surface area contributed by atoms with Crippen molar-refractivity contribution in [3.8, 4) is 0 Å². The van der Waals surface area contributed by atoms with E-state index in [0.717, 1.165) is 12.1 Å². The number of hydrogen-bond donors (Lipinski definition) is 2. The number of hydrogen-bond acceptors (Lipinski definition) is 4. The molecule has 3 aromatic rings. The molecule has 0 unspecified atom stereocenters. The van der Waals surface area contributed by atoms with E-state index in [1.165, 1.54) is 23.5 Å². The van der Waals surface area contributed by atoms with Crippen LogP contribution < -0.4 is 10.6 Å². The second-order valence-corrected chi connectivity index (χ2v) is 6.78. The molecule has 0 aliphatic heterocycles. The maximum atomic E-state index is 13.0. The third kappa shape index (κ3) is 4.77. The lowest BCUT2D eigenvalue weighted by Gasteiger charge is -2.21. The van der Waals surface area contributed by atoms with Gasteiger partial charge < -0.3 is 10.6 Å². The van der Waals surface area contributed by atoms with Gasteiger partial charge in [-0.3, -0.25) is 9.59 Å². The van der Waals surface area contributed by atoms with Crippen LogP contribution in [0.3, 0.4) is 0 Å². The number of thiophene rings is 1. The molecule has 1 aromatic heterocycles. The molecular formula is C20H15F3N2O2S. The van der Waals surface area contributed by atoms with Crippen LogP contribution in [0.25, 0.3) is 0 Å². The highest BCUT2D eigenvalue weighted by Crippen LogP contribution is 2.30. The van der Waals surface area contributed by atoms with Crippen molar-refractivity contribution in [2.45, 2.75) is 12.3 Å². The Labute approximate surface area is 163 Å². The summed E-state index contributed by atoms with van der Waals surface area (Å²) in [5, 5.41) is 6.97. The number of halogens is 3. The minimum atomic E-state index is -4.52. The van der Waals surface area contributed by atoms with Crippen molar-refractivity contribution in [1.82, 2.24) is 5.32 Å². The van der Waals surface area contributed by atoms with Crippen molar-refractivity contribution in [3.63, 3.8) is 0 Å². The molecule has 0 radical (unpaired) electrons. The van der Waals surface area contributed by atoms with E-state index in [1.54, 1.807) is 47.8 Å². The fourth-order valence-corrected chi connectivity index (χ4v) is 3.13. The predicted octanol–water partition coefficient (Wildman–Crippen LogP) is 4.82. The molecule has 0 fully saturated rings. The van der Waals surface area contributed by atoms with E-state index in [9.17, 15) is 22.8 Å². The highest BCUT2D eigenvalue weighted by molar-refractivity contribution is 7.12. The number of Topliss-reactive ketones (excluding diaryl/α,β-unsaturated/α-hetero) is 1. The molecule has 0 aliphatic rings. The van der Waals surface area contributed by atoms with E-state index < -0.39 is 29.6 Å². The van der Waals surface area contributed by atoms with Gasteiger partial charge in [0.25, 0.3) is 5.91 Å². The van der Waals surface area contributed by atoms with Crippen molar-refractivity contribution in [3.05, 3.63) is 88.1 Å². The van der Waals surface area contributed by atoms with E-state index in [-0.39, 0.29) is 5.69 Å². The first-order valence-electron chi connectivity index (χ1n) is 8.22. The molecule has 0 spiro atoms. The third-order valence-corrected chi connectivity index (χ3v) is 4.71. The summed E-state index contributed by atoms with van der Waals surface area (Å²) in [7, 11) is 0. The van der Waals surface area contributed by atoms with Crippen molar-refractivity contribution in [2.24, 2.45) is 0 Å². The molecule has 8 heteroatoms. The summed E-state index contributed by atoms with van der Waals surface area (Å²) < 4.78 is 38.9. The second kappa shape index (κ2) is 8.26. The molecule has 0 saturated heterocycles. The van der Waals surface area contributed by atoms with Crippen molar-refractivity contribution in [2.75, 3.05) is 5.32 Å². The van der Waals surface area contributed by atoms with Gasteiger partial charge in [0.1, 0.15) is 0 Å². The standard InChI is InChI=1S/C20H15F3N2O2S/c21-20(22,23)14-8-4-9-15(12-14)24-18(17(26)13-6-2-1-3-7-13)25-19(27)16-10-5-11-28-16/h1-12,18,24H,(H,25,27)/t18-/m0/s1. The zero-order valence-electron chi connectivity index (χ0n) is 14.4. The molecule has 1 atom stereocenters. The minimum absolute atomic E-state index is 0.0654. The topological polar surface area (TPSA) is 58.2 Å². The number of alkyl halides is 3. The molecule has 0 saturated carbocycles. The smallest absolute Gasteiger partial charge is 0.359 e. The van der Waals surface area contributed by atoms with Crippen LogP contribution in [0.4, 0.5) is 18.9 Å². The van der Waals surface area contributed by atoms with Gasteiger partial charge in [0.05, 0.1) is 10.4 Å². The first kappa shape index (κ1) is 19.6. The maximum Gasteiger partial charge on any atom is 0.416 e. The van der Waals surface area contributed by atoms with Crippen LogP contribution >= 0.6 is 11.3 Å². The highest BCUT2D eigenvalue weighted by Gasteiger charge is 2.31. The summed E-state index contributed by atoms with van der Waals surface area (Å²) in [5.41, 5.74) is -0.470. The first-order chi connectivity index (χ1) is 13.3. The van der Waals surface area contributed by atoms with Gasteiger partial charge in [0, 0.05) is 11.3 Å². The van der Waals surface area contributed by atoms with Crippen LogP contribution in [0, 0.1) is 0 Å². The number of benzene rings is 2. The van der Waals surface area contributed by atoms with E-state index in [2.05, 4.69) is 10.6 Å². The molecule has 0 aliphatic carbocycles. The van der Waals surface area contributed by atoms with Gasteiger partial charge in [-0.2, -0.15) is 13.2 Å². The van der Waals surface area contributed by atoms with E-state index in [4.69, 9.17) is 0 Å². The molecule has 28 heavy (non-hydrogen) atoms.